The lowest BCUT2D eigenvalue weighted by Gasteiger charge is -2.23. The third kappa shape index (κ3) is 4.06. The summed E-state index contributed by atoms with van der Waals surface area (Å²) in [6.45, 7) is 4.96. The predicted molar refractivity (Wildman–Crippen MR) is 116 cm³/mol. The van der Waals surface area contributed by atoms with Crippen LogP contribution in [-0.4, -0.2) is 26.6 Å². The zero-order valence-corrected chi connectivity index (χ0v) is 17.6. The minimum absolute atomic E-state index is 0.0851. The Morgan fingerprint density at radius 3 is 2.47 bits per heavy atom. The summed E-state index contributed by atoms with van der Waals surface area (Å²) in [5.41, 5.74) is 6.26. The molecule has 5 nitrogen and oxygen atoms in total. The number of rotatable bonds is 6. The second kappa shape index (κ2) is 8.66. The lowest BCUT2D eigenvalue weighted by molar-refractivity contribution is 0.0723. The number of hydrogen-bond donors (Lipinski definition) is 1. The van der Waals surface area contributed by atoms with E-state index in [-0.39, 0.29) is 11.7 Å². The van der Waals surface area contributed by atoms with E-state index in [0.717, 1.165) is 47.2 Å². The van der Waals surface area contributed by atoms with Crippen molar-refractivity contribution in [1.82, 2.24) is 14.9 Å². The number of carbonyl (C=O) groups is 2. The average Bonchev–Trinajstić information content (AvgIpc) is 3.11. The number of H-pyrrole nitrogens is 1. The highest BCUT2D eigenvalue weighted by Gasteiger charge is 2.28. The smallest absolute Gasteiger partial charge is 0.271 e. The fraction of sp³-hybridized carbons (Fsp3) is 0.320. The number of ketones is 1. The first-order valence-electron chi connectivity index (χ1n) is 10.6. The predicted octanol–water partition coefficient (Wildman–Crippen LogP) is 4.64. The summed E-state index contributed by atoms with van der Waals surface area (Å²) in [5.74, 6) is 0.0520. The van der Waals surface area contributed by atoms with E-state index in [0.29, 0.717) is 25.2 Å². The third-order valence-electron chi connectivity index (χ3n) is 5.84. The molecular formula is C25H27N3O2. The number of hydrogen-bond acceptors (Lipinski definition) is 3. The van der Waals surface area contributed by atoms with Gasteiger partial charge in [0, 0.05) is 43.2 Å². The fourth-order valence-corrected chi connectivity index (χ4v) is 4.16. The standard InChI is InChI=1S/C25H27N3O2/c1-3-18-9-11-19(12-10-18)15-28(16-20-6-5-13-26-14-20)25(30)24-17(2)23-21(27-24)7-4-8-22(23)29/h5-6,9-14,27H,3-4,7-8,15-16H2,1-2H3. The first-order chi connectivity index (χ1) is 14.6. The Morgan fingerprint density at radius 2 is 1.80 bits per heavy atom. The van der Waals surface area contributed by atoms with Crippen molar-refractivity contribution >= 4 is 11.7 Å². The maximum Gasteiger partial charge on any atom is 0.271 e. The highest BCUT2D eigenvalue weighted by molar-refractivity contribution is 6.04. The molecular weight excluding hydrogens is 374 g/mol. The lowest BCUT2D eigenvalue weighted by Crippen LogP contribution is -2.31. The van der Waals surface area contributed by atoms with Crippen LogP contribution in [0.3, 0.4) is 0 Å². The van der Waals surface area contributed by atoms with Crippen molar-refractivity contribution in [1.29, 1.82) is 0 Å². The Kier molecular flexibility index (Phi) is 5.79. The van der Waals surface area contributed by atoms with Crippen LogP contribution < -0.4 is 0 Å². The van der Waals surface area contributed by atoms with Crippen LogP contribution in [0.5, 0.6) is 0 Å². The van der Waals surface area contributed by atoms with Crippen molar-refractivity contribution in [2.45, 2.75) is 52.6 Å². The first kappa shape index (κ1) is 20.1. The van der Waals surface area contributed by atoms with Gasteiger partial charge in [-0.1, -0.05) is 37.3 Å². The molecule has 1 aliphatic carbocycles. The highest BCUT2D eigenvalue weighted by atomic mass is 16.2. The molecule has 0 atom stereocenters. The number of nitrogens with one attached hydrogen (secondary N) is 1. The molecule has 0 spiro atoms. The van der Waals surface area contributed by atoms with Crippen LogP contribution in [-0.2, 0) is 25.9 Å². The second-order valence-electron chi connectivity index (χ2n) is 7.95. The van der Waals surface area contributed by atoms with Gasteiger partial charge in [-0.05, 0) is 54.5 Å². The van der Waals surface area contributed by atoms with Gasteiger partial charge < -0.3 is 9.88 Å². The molecule has 1 N–H and O–H groups in total. The Bertz CT molecular complexity index is 1050. The number of fused-ring (bicyclic) bond motifs is 1. The van der Waals surface area contributed by atoms with Crippen LogP contribution in [0.2, 0.25) is 0 Å². The van der Waals surface area contributed by atoms with Crippen molar-refractivity contribution in [2.75, 3.05) is 0 Å². The van der Waals surface area contributed by atoms with E-state index in [1.165, 1.54) is 5.56 Å². The van der Waals surface area contributed by atoms with E-state index < -0.39 is 0 Å². The van der Waals surface area contributed by atoms with Gasteiger partial charge in [0.2, 0.25) is 0 Å². The largest absolute Gasteiger partial charge is 0.354 e. The number of aryl methyl sites for hydroxylation is 2. The van der Waals surface area contributed by atoms with E-state index >= 15 is 0 Å². The number of aromatic amines is 1. The quantitative estimate of drug-likeness (QED) is 0.654. The minimum Gasteiger partial charge on any atom is -0.354 e. The zero-order valence-electron chi connectivity index (χ0n) is 17.6. The molecule has 0 aliphatic heterocycles. The summed E-state index contributed by atoms with van der Waals surface area (Å²) < 4.78 is 0. The van der Waals surface area contributed by atoms with Crippen molar-refractivity contribution in [3.8, 4) is 0 Å². The maximum atomic E-state index is 13.6. The van der Waals surface area contributed by atoms with Gasteiger partial charge in [0.1, 0.15) is 5.69 Å². The molecule has 0 unspecified atom stereocenters. The molecule has 4 rings (SSSR count). The first-order valence-corrected chi connectivity index (χ1v) is 10.6. The molecule has 0 fully saturated rings. The summed E-state index contributed by atoms with van der Waals surface area (Å²) in [7, 11) is 0. The topological polar surface area (TPSA) is 66.1 Å². The molecule has 1 aliphatic rings. The van der Waals surface area contributed by atoms with Crippen molar-refractivity contribution < 1.29 is 9.59 Å². The minimum atomic E-state index is -0.0851. The van der Waals surface area contributed by atoms with Crippen molar-refractivity contribution in [3.63, 3.8) is 0 Å². The van der Waals surface area contributed by atoms with Crippen LogP contribution in [0.1, 0.15) is 68.6 Å². The molecule has 0 bridgehead atoms. The van der Waals surface area contributed by atoms with Gasteiger partial charge in [0.25, 0.3) is 5.91 Å². The van der Waals surface area contributed by atoms with E-state index in [9.17, 15) is 9.59 Å². The molecule has 0 radical (unpaired) electrons. The molecule has 30 heavy (non-hydrogen) atoms. The van der Waals surface area contributed by atoms with Crippen LogP contribution >= 0.6 is 0 Å². The Morgan fingerprint density at radius 1 is 1.07 bits per heavy atom. The van der Waals surface area contributed by atoms with Gasteiger partial charge in [-0.3, -0.25) is 14.6 Å². The van der Waals surface area contributed by atoms with Gasteiger partial charge in [0.15, 0.2) is 5.78 Å². The molecule has 2 heterocycles. The van der Waals surface area contributed by atoms with Crippen molar-refractivity contribution in [3.05, 3.63) is 88.0 Å². The summed E-state index contributed by atoms with van der Waals surface area (Å²) >= 11 is 0. The summed E-state index contributed by atoms with van der Waals surface area (Å²) in [5, 5.41) is 0. The van der Waals surface area contributed by atoms with E-state index in [4.69, 9.17) is 0 Å². The van der Waals surface area contributed by atoms with Crippen LogP contribution in [0, 0.1) is 6.92 Å². The molecule has 1 amide bonds. The summed E-state index contributed by atoms with van der Waals surface area (Å²) in [6.07, 6.45) is 6.71. The maximum absolute atomic E-state index is 13.6. The number of carbonyl (C=O) groups excluding carboxylic acids is 2. The van der Waals surface area contributed by atoms with Gasteiger partial charge in [-0.25, -0.2) is 0 Å². The Hall–Kier alpha value is -3.21. The average molecular weight is 402 g/mol. The SMILES string of the molecule is CCc1ccc(CN(Cc2cccnc2)C(=O)c2[nH]c3c(c2C)C(=O)CCC3)cc1. The van der Waals surface area contributed by atoms with E-state index in [1.807, 2.05) is 24.0 Å². The zero-order chi connectivity index (χ0) is 21.1. The van der Waals surface area contributed by atoms with Crippen LogP contribution in [0.15, 0.2) is 48.8 Å². The number of nitrogens with zero attached hydrogens (tertiary/aromatic N) is 2. The van der Waals surface area contributed by atoms with Crippen LogP contribution in [0.4, 0.5) is 0 Å². The second-order valence-corrected chi connectivity index (χ2v) is 7.95. The molecule has 2 aromatic heterocycles. The van der Waals surface area contributed by atoms with Gasteiger partial charge in [-0.15, -0.1) is 0 Å². The number of pyridine rings is 1. The Balaban J connectivity index is 1.66. The van der Waals surface area contributed by atoms with E-state index in [2.05, 4.69) is 41.2 Å². The van der Waals surface area contributed by atoms with Gasteiger partial charge >= 0.3 is 0 Å². The number of benzene rings is 1. The summed E-state index contributed by atoms with van der Waals surface area (Å²) in [4.78, 5) is 35.3. The lowest BCUT2D eigenvalue weighted by atomic mass is 9.93. The fourth-order valence-electron chi connectivity index (χ4n) is 4.16. The molecule has 1 aromatic carbocycles. The number of Topliss-reactive ketones (excluding diaryl/α,β-unsaturated/α-hetero) is 1. The molecule has 0 saturated carbocycles. The van der Waals surface area contributed by atoms with Gasteiger partial charge in [0.05, 0.1) is 0 Å². The molecule has 5 heteroatoms. The highest BCUT2D eigenvalue weighted by Crippen LogP contribution is 2.28. The molecule has 0 saturated heterocycles. The molecule has 3 aromatic rings. The monoisotopic (exact) mass is 401 g/mol. The summed E-state index contributed by atoms with van der Waals surface area (Å²) in [6, 6.07) is 12.2. The third-order valence-corrected chi connectivity index (χ3v) is 5.84. The normalized spacial score (nSPS) is 13.2. The van der Waals surface area contributed by atoms with E-state index in [1.54, 1.807) is 12.4 Å². The number of amides is 1. The number of aromatic nitrogens is 2. The van der Waals surface area contributed by atoms with Crippen molar-refractivity contribution in [2.24, 2.45) is 0 Å². The molecule has 154 valence electrons. The van der Waals surface area contributed by atoms with Gasteiger partial charge in [-0.2, -0.15) is 0 Å². The Labute approximate surface area is 177 Å². The van der Waals surface area contributed by atoms with Crippen LogP contribution in [0.25, 0.3) is 0 Å².